The van der Waals surface area contributed by atoms with Crippen LogP contribution in [0.1, 0.15) is 6.42 Å². The van der Waals surface area contributed by atoms with E-state index in [0.717, 1.165) is 0 Å². The van der Waals surface area contributed by atoms with Gasteiger partial charge in [-0.2, -0.15) is 0 Å². The van der Waals surface area contributed by atoms with Gasteiger partial charge >= 0.3 is 0 Å². The summed E-state index contributed by atoms with van der Waals surface area (Å²) in [6.07, 6.45) is -4.84. The van der Waals surface area contributed by atoms with Gasteiger partial charge in [0.2, 0.25) is 0 Å². The standard InChI is InChI=1S/C10H17NO6/c1-2-3-5(11-16)10-9(15)8(14)7(13)6(4-12)17-10/h2,6-10,12-16H,1,3-4H2/b11-5-/t6-,7-,8+,9-,10+/m1/s1/i4+1,6+1,7+1,8+1,9+1,10+1. The highest BCUT2D eigenvalue weighted by atomic mass is 16.7. The van der Waals surface area contributed by atoms with E-state index in [-0.39, 0.29) is 12.1 Å². The highest BCUT2D eigenvalue weighted by molar-refractivity contribution is 5.90. The molecular formula is C10H17NO6. The molecule has 1 fully saturated rings. The smallest absolute Gasteiger partial charge is 0.128 e. The third-order valence-corrected chi connectivity index (χ3v) is 2.70. The van der Waals surface area contributed by atoms with Crippen molar-refractivity contribution >= 4 is 5.71 Å². The summed E-state index contributed by atoms with van der Waals surface area (Å²) in [5.41, 5.74) is 0.0666. The number of ether oxygens (including phenoxy) is 1. The summed E-state index contributed by atoms with van der Waals surface area (Å²) in [5.74, 6) is 0. The van der Waals surface area contributed by atoms with E-state index in [0.29, 0.717) is 0 Å². The molecule has 7 heteroatoms. The summed E-state index contributed by atoms with van der Waals surface area (Å²) in [4.78, 5) is 0. The lowest BCUT2D eigenvalue weighted by Gasteiger charge is -2.40. The third kappa shape index (κ3) is 2.82. The molecule has 0 aliphatic carbocycles. The first-order valence-electron chi connectivity index (χ1n) is 5.19. The van der Waals surface area contributed by atoms with Gasteiger partial charge in [-0.25, -0.2) is 0 Å². The van der Waals surface area contributed by atoms with E-state index in [1.54, 1.807) is 0 Å². The number of oxime groups is 1. The Kier molecular flexibility index (Phi) is 5.03. The van der Waals surface area contributed by atoms with Gasteiger partial charge in [0, 0.05) is 6.42 Å². The number of aliphatic hydroxyl groups excluding tert-OH is 4. The van der Waals surface area contributed by atoms with Crippen molar-refractivity contribution in [2.24, 2.45) is 5.16 Å². The van der Waals surface area contributed by atoms with Gasteiger partial charge in [0.1, 0.15) is 30.5 Å². The Hall–Kier alpha value is -0.990. The molecule has 7 nitrogen and oxygen atoms in total. The highest BCUT2D eigenvalue weighted by Gasteiger charge is 2.45. The second kappa shape index (κ2) is 6.08. The van der Waals surface area contributed by atoms with Gasteiger partial charge in [0.15, 0.2) is 0 Å². The van der Waals surface area contributed by atoms with Crippen LogP contribution in [-0.2, 0) is 4.74 Å². The fourth-order valence-corrected chi connectivity index (χ4v) is 1.74. The van der Waals surface area contributed by atoms with Crippen LogP contribution in [0.2, 0.25) is 0 Å². The SMILES string of the molecule is C=CC/C(=N/O)[13C@@H]1O[13C@H]([13CH2]O)[13C@@H](O)[13C@H](O)[13C@H]1O. The first-order chi connectivity index (χ1) is 8.06. The van der Waals surface area contributed by atoms with Crippen molar-refractivity contribution in [3.8, 4) is 0 Å². The Morgan fingerprint density at radius 3 is 2.35 bits per heavy atom. The Morgan fingerprint density at radius 2 is 1.88 bits per heavy atom. The quantitative estimate of drug-likeness (QED) is 0.133. The van der Waals surface area contributed by atoms with Gasteiger partial charge in [-0.05, 0) is 0 Å². The Balaban J connectivity index is 2.88. The number of rotatable bonds is 4. The van der Waals surface area contributed by atoms with Crippen LogP contribution >= 0.6 is 0 Å². The summed E-state index contributed by atoms with van der Waals surface area (Å²) in [5, 5.41) is 49.5. The highest BCUT2D eigenvalue weighted by Crippen LogP contribution is 2.23. The molecule has 0 unspecified atom stereocenters. The Labute approximate surface area is 98.3 Å². The molecule has 0 amide bonds. The maximum atomic E-state index is 9.71. The van der Waals surface area contributed by atoms with E-state index in [1.165, 1.54) is 6.08 Å². The lowest BCUT2D eigenvalue weighted by molar-refractivity contribution is -0.212. The lowest BCUT2D eigenvalue weighted by Crippen LogP contribution is -2.60. The molecule has 1 heterocycles. The number of hydrogen-bond donors (Lipinski definition) is 5. The average molecular weight is 253 g/mol. The fraction of sp³-hybridized carbons (Fsp3) is 0.700. The molecule has 1 saturated heterocycles. The molecule has 5 atom stereocenters. The molecule has 0 aromatic rings. The molecule has 5 N–H and O–H groups in total. The zero-order chi connectivity index (χ0) is 13.0. The molecule has 1 aliphatic heterocycles. The van der Waals surface area contributed by atoms with Crippen LogP contribution in [0.3, 0.4) is 0 Å². The maximum absolute atomic E-state index is 9.71. The van der Waals surface area contributed by atoms with E-state index < -0.39 is 37.1 Å². The monoisotopic (exact) mass is 253 g/mol. The lowest BCUT2D eigenvalue weighted by atomic mass is 10.3. The zero-order valence-corrected chi connectivity index (χ0v) is 9.18. The van der Waals surface area contributed by atoms with Gasteiger partial charge in [-0.15, -0.1) is 6.58 Å². The number of allylic oxidation sites excluding steroid dienone is 1. The van der Waals surface area contributed by atoms with E-state index in [2.05, 4.69) is 11.7 Å². The van der Waals surface area contributed by atoms with Crippen molar-refractivity contribution < 1.29 is 30.4 Å². The third-order valence-electron chi connectivity index (χ3n) is 2.70. The molecule has 1 rings (SSSR count). The van der Waals surface area contributed by atoms with Gasteiger partial charge in [0.05, 0.1) is 12.3 Å². The van der Waals surface area contributed by atoms with Gasteiger partial charge in [-0.3, -0.25) is 0 Å². The number of aliphatic hydroxyl groups is 4. The normalized spacial score (nSPS) is 39.1. The zero-order valence-electron chi connectivity index (χ0n) is 9.18. The predicted molar refractivity (Wildman–Crippen MR) is 57.8 cm³/mol. The van der Waals surface area contributed by atoms with Crippen molar-refractivity contribution in [3.05, 3.63) is 12.7 Å². The van der Waals surface area contributed by atoms with Crippen LogP contribution in [0.4, 0.5) is 0 Å². The molecule has 0 radical (unpaired) electrons. The molecule has 0 aromatic heterocycles. The first kappa shape index (κ1) is 14.1. The molecule has 17 heavy (non-hydrogen) atoms. The predicted octanol–water partition coefficient (Wildman–Crippen LogP) is -1.76. The summed E-state index contributed by atoms with van der Waals surface area (Å²) in [6.45, 7) is 2.93. The Morgan fingerprint density at radius 1 is 1.24 bits per heavy atom. The molecule has 0 spiro atoms. The average Bonchev–Trinajstić information content (AvgIpc) is 2.34. The van der Waals surface area contributed by atoms with E-state index in [9.17, 15) is 15.3 Å². The second-order valence-corrected chi connectivity index (χ2v) is 3.83. The molecular weight excluding hydrogens is 236 g/mol. The van der Waals surface area contributed by atoms with E-state index >= 15 is 0 Å². The van der Waals surface area contributed by atoms with Crippen molar-refractivity contribution in [1.29, 1.82) is 0 Å². The van der Waals surface area contributed by atoms with Crippen LogP contribution < -0.4 is 0 Å². The molecule has 0 aromatic carbocycles. The summed E-state index contributed by atoms with van der Waals surface area (Å²) >= 11 is 0. The molecule has 1 aliphatic rings. The van der Waals surface area contributed by atoms with Crippen LogP contribution in [0.15, 0.2) is 17.8 Å². The van der Waals surface area contributed by atoms with E-state index in [4.69, 9.17) is 15.1 Å². The van der Waals surface area contributed by atoms with Crippen LogP contribution in [0.5, 0.6) is 0 Å². The van der Waals surface area contributed by atoms with E-state index in [1.807, 2.05) is 0 Å². The fourth-order valence-electron chi connectivity index (χ4n) is 1.74. The van der Waals surface area contributed by atoms with Crippen LogP contribution in [-0.4, -0.2) is 68.5 Å². The maximum Gasteiger partial charge on any atom is 0.128 e. The number of nitrogens with zero attached hydrogens (tertiary/aromatic N) is 1. The molecule has 98 valence electrons. The van der Waals surface area contributed by atoms with Gasteiger partial charge in [0.25, 0.3) is 0 Å². The van der Waals surface area contributed by atoms with Crippen molar-refractivity contribution in [3.63, 3.8) is 0 Å². The number of hydrogen-bond acceptors (Lipinski definition) is 7. The Bertz CT molecular complexity index is 293. The van der Waals surface area contributed by atoms with Crippen molar-refractivity contribution in [1.82, 2.24) is 0 Å². The summed E-state index contributed by atoms with van der Waals surface area (Å²) in [7, 11) is 0. The van der Waals surface area contributed by atoms with Crippen molar-refractivity contribution in [2.75, 3.05) is 6.61 Å². The van der Waals surface area contributed by atoms with Crippen LogP contribution in [0.25, 0.3) is 0 Å². The molecule has 0 bridgehead atoms. The van der Waals surface area contributed by atoms with Gasteiger partial charge in [-0.1, -0.05) is 11.2 Å². The minimum Gasteiger partial charge on any atom is -0.411 e. The minimum atomic E-state index is -1.48. The largest absolute Gasteiger partial charge is 0.411 e. The second-order valence-electron chi connectivity index (χ2n) is 3.83. The molecule has 0 saturated carbocycles. The van der Waals surface area contributed by atoms with Crippen LogP contribution in [0, 0.1) is 0 Å². The summed E-state index contributed by atoms with van der Waals surface area (Å²) < 4.78 is 5.19. The van der Waals surface area contributed by atoms with Crippen molar-refractivity contribution in [2.45, 2.75) is 36.9 Å². The van der Waals surface area contributed by atoms with Gasteiger partial charge < -0.3 is 30.4 Å². The summed E-state index contributed by atoms with van der Waals surface area (Å²) in [6, 6.07) is 0. The topological polar surface area (TPSA) is 123 Å². The minimum absolute atomic E-state index is 0.0666. The first-order valence-corrected chi connectivity index (χ1v) is 5.19.